The van der Waals surface area contributed by atoms with Crippen LogP contribution in [0.4, 0.5) is 15.8 Å². The smallest absolute Gasteiger partial charge is 0.343 e. The van der Waals surface area contributed by atoms with Crippen LogP contribution in [-0.4, -0.2) is 23.9 Å². The van der Waals surface area contributed by atoms with Crippen LogP contribution in [0.15, 0.2) is 66.2 Å². The molecular formula is C25H18FN3O6. The molecule has 1 N–H and O–H groups in total. The molecule has 0 unspecified atom stereocenters. The molecule has 0 fully saturated rings. The number of hydrogen-bond donors (Lipinski definition) is 1. The number of aryl methyl sites for hydroxylation is 1. The van der Waals surface area contributed by atoms with Gasteiger partial charge in [-0.3, -0.25) is 14.9 Å². The average molecular weight is 475 g/mol. The first-order chi connectivity index (χ1) is 16.7. The number of amides is 1. The Kier molecular flexibility index (Phi) is 7.53. The lowest BCUT2D eigenvalue weighted by molar-refractivity contribution is -0.384. The van der Waals surface area contributed by atoms with Gasteiger partial charge >= 0.3 is 5.97 Å². The lowest BCUT2D eigenvalue weighted by Gasteiger charge is -2.10. The summed E-state index contributed by atoms with van der Waals surface area (Å²) < 4.78 is 23.9. The van der Waals surface area contributed by atoms with Crippen molar-refractivity contribution in [2.24, 2.45) is 0 Å². The second kappa shape index (κ2) is 10.7. The Morgan fingerprint density at radius 3 is 2.54 bits per heavy atom. The van der Waals surface area contributed by atoms with E-state index in [-0.39, 0.29) is 34.0 Å². The van der Waals surface area contributed by atoms with Gasteiger partial charge in [0.05, 0.1) is 17.6 Å². The fourth-order valence-electron chi connectivity index (χ4n) is 3.04. The molecule has 0 bridgehead atoms. The molecule has 0 aromatic heterocycles. The van der Waals surface area contributed by atoms with Crippen LogP contribution in [0.3, 0.4) is 0 Å². The van der Waals surface area contributed by atoms with E-state index in [1.807, 2.05) is 0 Å². The molecule has 0 heterocycles. The third kappa shape index (κ3) is 6.06. The number of nitrogens with zero attached hydrogens (tertiary/aromatic N) is 2. The lowest BCUT2D eigenvalue weighted by Crippen LogP contribution is -2.14. The monoisotopic (exact) mass is 475 g/mol. The Morgan fingerprint density at radius 2 is 1.89 bits per heavy atom. The van der Waals surface area contributed by atoms with Gasteiger partial charge in [-0.15, -0.1) is 0 Å². The maximum absolute atomic E-state index is 13.4. The molecule has 0 spiro atoms. The van der Waals surface area contributed by atoms with Crippen molar-refractivity contribution in [3.8, 4) is 17.6 Å². The zero-order valence-corrected chi connectivity index (χ0v) is 18.6. The van der Waals surface area contributed by atoms with E-state index in [0.29, 0.717) is 11.1 Å². The van der Waals surface area contributed by atoms with Crippen LogP contribution in [-0.2, 0) is 4.79 Å². The zero-order chi connectivity index (χ0) is 25.5. The first-order valence-corrected chi connectivity index (χ1v) is 10.1. The Hall–Kier alpha value is -5.04. The quantitative estimate of drug-likeness (QED) is 0.129. The molecule has 3 aromatic carbocycles. The number of anilines is 1. The third-order valence-corrected chi connectivity index (χ3v) is 4.72. The van der Waals surface area contributed by atoms with E-state index in [4.69, 9.17) is 9.47 Å². The molecule has 35 heavy (non-hydrogen) atoms. The molecule has 0 aliphatic rings. The molecule has 0 aliphatic carbocycles. The molecule has 0 radical (unpaired) electrons. The van der Waals surface area contributed by atoms with Crippen molar-refractivity contribution in [2.45, 2.75) is 6.92 Å². The van der Waals surface area contributed by atoms with Crippen molar-refractivity contribution in [3.63, 3.8) is 0 Å². The second-order valence-corrected chi connectivity index (χ2v) is 7.21. The molecule has 176 valence electrons. The van der Waals surface area contributed by atoms with Crippen LogP contribution in [0.2, 0.25) is 0 Å². The maximum atomic E-state index is 13.4. The highest BCUT2D eigenvalue weighted by Gasteiger charge is 2.19. The van der Waals surface area contributed by atoms with Gasteiger partial charge in [0.1, 0.15) is 23.1 Å². The van der Waals surface area contributed by atoms with Crippen LogP contribution in [0.5, 0.6) is 11.5 Å². The van der Waals surface area contributed by atoms with Crippen molar-refractivity contribution in [1.29, 1.82) is 5.26 Å². The summed E-state index contributed by atoms with van der Waals surface area (Å²) in [6, 6.07) is 15.3. The summed E-state index contributed by atoms with van der Waals surface area (Å²) >= 11 is 0. The van der Waals surface area contributed by atoms with Crippen LogP contribution < -0.4 is 14.8 Å². The first-order valence-electron chi connectivity index (χ1n) is 10.1. The van der Waals surface area contributed by atoms with Crippen LogP contribution >= 0.6 is 0 Å². The average Bonchev–Trinajstić information content (AvgIpc) is 2.84. The van der Waals surface area contributed by atoms with E-state index in [1.54, 1.807) is 19.1 Å². The zero-order valence-electron chi connectivity index (χ0n) is 18.6. The molecule has 0 saturated heterocycles. The van der Waals surface area contributed by atoms with E-state index in [1.165, 1.54) is 61.7 Å². The summed E-state index contributed by atoms with van der Waals surface area (Å²) in [4.78, 5) is 35.6. The van der Waals surface area contributed by atoms with Crippen molar-refractivity contribution in [3.05, 3.63) is 98.9 Å². The number of carbonyl (C=O) groups is 2. The number of nitriles is 1. The van der Waals surface area contributed by atoms with E-state index in [2.05, 4.69) is 5.32 Å². The number of benzene rings is 3. The minimum Gasteiger partial charge on any atom is -0.493 e. The predicted molar refractivity (Wildman–Crippen MR) is 124 cm³/mol. The normalized spacial score (nSPS) is 10.7. The van der Waals surface area contributed by atoms with Crippen molar-refractivity contribution >= 4 is 29.3 Å². The third-order valence-electron chi connectivity index (χ3n) is 4.72. The largest absolute Gasteiger partial charge is 0.493 e. The summed E-state index contributed by atoms with van der Waals surface area (Å²) in [5, 5.41) is 23.1. The standard InChI is InChI=1S/C25H18FN3O6/c1-15-6-8-20(21(10-15)29(32)33)28-24(30)18(14-27)11-16-7-9-22(23(12-16)34-2)35-25(31)17-4-3-5-19(26)13-17/h3-13H,1-2H3,(H,28,30)/b18-11+. The topological polar surface area (TPSA) is 132 Å². The van der Waals surface area contributed by atoms with Crippen molar-refractivity contribution in [1.82, 2.24) is 0 Å². The maximum Gasteiger partial charge on any atom is 0.343 e. The highest BCUT2D eigenvalue weighted by atomic mass is 19.1. The van der Waals surface area contributed by atoms with Gasteiger partial charge in [-0.2, -0.15) is 5.26 Å². The van der Waals surface area contributed by atoms with E-state index >= 15 is 0 Å². The van der Waals surface area contributed by atoms with Crippen molar-refractivity contribution in [2.75, 3.05) is 12.4 Å². The summed E-state index contributed by atoms with van der Waals surface area (Å²) in [7, 11) is 1.33. The number of nitro benzene ring substituents is 1. The molecule has 0 atom stereocenters. The number of carbonyl (C=O) groups excluding carboxylic acids is 2. The van der Waals surface area contributed by atoms with Gasteiger partial charge in [-0.25, -0.2) is 9.18 Å². The Labute approximate surface area is 199 Å². The minimum absolute atomic E-state index is 0.00432. The number of esters is 1. The van der Waals surface area contributed by atoms with Crippen LogP contribution in [0.25, 0.3) is 6.08 Å². The number of nitrogens with one attached hydrogen (secondary N) is 1. The van der Waals surface area contributed by atoms with Gasteiger partial charge < -0.3 is 14.8 Å². The molecule has 3 rings (SSSR count). The van der Waals surface area contributed by atoms with Crippen molar-refractivity contribution < 1.29 is 28.4 Å². The number of nitro groups is 1. The Balaban J connectivity index is 1.83. The minimum atomic E-state index is -0.847. The van der Waals surface area contributed by atoms with Gasteiger partial charge in [0, 0.05) is 6.07 Å². The molecule has 0 saturated carbocycles. The van der Waals surface area contributed by atoms with Crippen LogP contribution in [0.1, 0.15) is 21.5 Å². The number of rotatable bonds is 7. The van der Waals surface area contributed by atoms with Gasteiger partial charge in [0.2, 0.25) is 0 Å². The Morgan fingerprint density at radius 1 is 1.11 bits per heavy atom. The molecule has 10 heteroatoms. The predicted octanol–water partition coefficient (Wildman–Crippen LogP) is 4.82. The SMILES string of the molecule is COc1cc(/C=C(\C#N)C(=O)Nc2ccc(C)cc2[N+](=O)[O-])ccc1OC(=O)c1cccc(F)c1. The second-order valence-electron chi connectivity index (χ2n) is 7.21. The molecule has 3 aromatic rings. The fraction of sp³-hybridized carbons (Fsp3) is 0.0800. The van der Waals surface area contributed by atoms with E-state index in [9.17, 15) is 29.4 Å². The summed E-state index contributed by atoms with van der Waals surface area (Å²) in [5.41, 5.74) is 0.315. The summed E-state index contributed by atoms with van der Waals surface area (Å²) in [5.74, 6) is -2.08. The van der Waals surface area contributed by atoms with Gasteiger partial charge in [-0.1, -0.05) is 18.2 Å². The molecular weight excluding hydrogens is 457 g/mol. The molecule has 0 aliphatic heterocycles. The summed E-state index contributed by atoms with van der Waals surface area (Å²) in [6.07, 6.45) is 1.25. The van der Waals surface area contributed by atoms with E-state index < -0.39 is 22.6 Å². The number of hydrogen-bond acceptors (Lipinski definition) is 7. The molecule has 9 nitrogen and oxygen atoms in total. The summed E-state index contributed by atoms with van der Waals surface area (Å²) in [6.45, 7) is 1.67. The van der Waals surface area contributed by atoms with Gasteiger partial charge in [-0.05, 0) is 60.5 Å². The fourth-order valence-corrected chi connectivity index (χ4v) is 3.04. The number of ether oxygens (including phenoxy) is 2. The molecule has 1 amide bonds. The van der Waals surface area contributed by atoms with Gasteiger partial charge in [0.15, 0.2) is 11.5 Å². The number of methoxy groups -OCH3 is 1. The lowest BCUT2D eigenvalue weighted by atomic mass is 10.1. The highest BCUT2D eigenvalue weighted by Crippen LogP contribution is 2.30. The Bertz CT molecular complexity index is 1390. The van der Waals surface area contributed by atoms with Gasteiger partial charge in [0.25, 0.3) is 11.6 Å². The number of halogens is 1. The van der Waals surface area contributed by atoms with E-state index in [0.717, 1.165) is 6.07 Å². The highest BCUT2D eigenvalue weighted by molar-refractivity contribution is 6.10. The first kappa shape index (κ1) is 24.6. The van der Waals surface area contributed by atoms with Crippen LogP contribution in [0, 0.1) is 34.2 Å².